The van der Waals surface area contributed by atoms with E-state index in [1.54, 1.807) is 0 Å². The maximum Gasteiger partial charge on any atom is 0.188 e. The number of nitrogens with zero attached hydrogens (tertiary/aromatic N) is 1. The smallest absolute Gasteiger partial charge is 0.188 e. The lowest BCUT2D eigenvalue weighted by Gasteiger charge is -2.04. The summed E-state index contributed by atoms with van der Waals surface area (Å²) >= 11 is 0. The van der Waals surface area contributed by atoms with Crippen molar-refractivity contribution in [2.24, 2.45) is 10.7 Å². The Kier molecular flexibility index (Phi) is 15.3. The van der Waals surface area contributed by atoms with Crippen LogP contribution < -0.4 is 11.1 Å². The summed E-state index contributed by atoms with van der Waals surface area (Å²) < 4.78 is 0. The van der Waals surface area contributed by atoms with Crippen molar-refractivity contribution < 1.29 is 0 Å². The summed E-state index contributed by atoms with van der Waals surface area (Å²) in [7, 11) is 0. The lowest BCUT2D eigenvalue weighted by molar-refractivity contribution is 0.687. The Balaban J connectivity index is 0. The van der Waals surface area contributed by atoms with Crippen LogP contribution >= 0.6 is 12.4 Å². The minimum Gasteiger partial charge on any atom is -0.370 e. The molecule has 3 nitrogen and oxygen atoms in total. The first-order chi connectivity index (χ1) is 6.81. The van der Waals surface area contributed by atoms with E-state index >= 15 is 0 Å². The topological polar surface area (TPSA) is 50.4 Å². The van der Waals surface area contributed by atoms with Gasteiger partial charge in [0.2, 0.25) is 0 Å². The van der Waals surface area contributed by atoms with Gasteiger partial charge in [-0.15, -0.1) is 12.4 Å². The van der Waals surface area contributed by atoms with Crippen LogP contribution in [0.1, 0.15) is 52.4 Å². The number of halogens is 1. The molecule has 0 aromatic heterocycles. The van der Waals surface area contributed by atoms with E-state index in [1.165, 1.54) is 32.1 Å². The van der Waals surface area contributed by atoms with E-state index in [4.69, 9.17) is 5.73 Å². The third-order valence-corrected chi connectivity index (χ3v) is 2.13. The van der Waals surface area contributed by atoms with Crippen LogP contribution in [0.4, 0.5) is 0 Å². The van der Waals surface area contributed by atoms with Crippen LogP contribution in [0.2, 0.25) is 0 Å². The summed E-state index contributed by atoms with van der Waals surface area (Å²) in [6.45, 7) is 6.20. The molecule has 92 valence electrons. The zero-order valence-corrected chi connectivity index (χ0v) is 10.9. The molecule has 0 amide bonds. The van der Waals surface area contributed by atoms with Crippen molar-refractivity contribution in [3.8, 4) is 0 Å². The number of hydrogen-bond acceptors (Lipinski definition) is 1. The van der Waals surface area contributed by atoms with Gasteiger partial charge in [-0.25, -0.2) is 0 Å². The zero-order chi connectivity index (χ0) is 10.6. The molecule has 0 saturated carbocycles. The van der Waals surface area contributed by atoms with E-state index < -0.39 is 0 Å². The Labute approximate surface area is 100 Å². The summed E-state index contributed by atoms with van der Waals surface area (Å²) in [6.07, 6.45) is 7.31. The lowest BCUT2D eigenvalue weighted by Crippen LogP contribution is -2.32. The normalized spacial score (nSPS) is 10.9. The molecule has 0 aliphatic heterocycles. The van der Waals surface area contributed by atoms with Gasteiger partial charge in [0.1, 0.15) is 0 Å². The Bertz CT molecular complexity index is 149. The average molecular weight is 236 g/mol. The average Bonchev–Trinajstić information content (AvgIpc) is 2.19. The first kappa shape index (κ1) is 17.0. The van der Waals surface area contributed by atoms with Crippen molar-refractivity contribution in [2.75, 3.05) is 13.1 Å². The molecule has 0 aliphatic rings. The Hall–Kier alpha value is -0.440. The lowest BCUT2D eigenvalue weighted by atomic mass is 10.2. The fraction of sp³-hybridized carbons (Fsp3) is 0.909. The van der Waals surface area contributed by atoms with Crippen molar-refractivity contribution in [1.29, 1.82) is 0 Å². The van der Waals surface area contributed by atoms with E-state index in [1.807, 2.05) is 0 Å². The highest BCUT2D eigenvalue weighted by molar-refractivity contribution is 5.85. The van der Waals surface area contributed by atoms with Crippen LogP contribution in [0.5, 0.6) is 0 Å². The predicted molar refractivity (Wildman–Crippen MR) is 70.8 cm³/mol. The van der Waals surface area contributed by atoms with Gasteiger partial charge in [-0.05, 0) is 12.8 Å². The summed E-state index contributed by atoms with van der Waals surface area (Å²) in [5, 5.41) is 3.12. The van der Waals surface area contributed by atoms with Gasteiger partial charge in [0.05, 0.1) is 0 Å². The monoisotopic (exact) mass is 235 g/mol. The third-order valence-electron chi connectivity index (χ3n) is 2.13. The standard InChI is InChI=1S/C11H25N3.ClH/c1-3-5-7-9-13-11(12)14-10-8-6-4-2;/h3-10H2,1-2H3,(H3,12,13,14);1H. The van der Waals surface area contributed by atoms with E-state index in [-0.39, 0.29) is 12.4 Å². The second-order valence-corrected chi connectivity index (χ2v) is 3.61. The summed E-state index contributed by atoms with van der Waals surface area (Å²) in [5.41, 5.74) is 5.68. The fourth-order valence-corrected chi connectivity index (χ4v) is 1.21. The van der Waals surface area contributed by atoms with Gasteiger partial charge in [0.25, 0.3) is 0 Å². The zero-order valence-electron chi connectivity index (χ0n) is 10.1. The molecule has 0 bridgehead atoms. The summed E-state index contributed by atoms with van der Waals surface area (Å²) in [6, 6.07) is 0. The molecule has 0 spiro atoms. The van der Waals surface area contributed by atoms with Gasteiger partial charge in [-0.2, -0.15) is 0 Å². The first-order valence-electron chi connectivity index (χ1n) is 5.85. The highest BCUT2D eigenvalue weighted by Gasteiger charge is 1.90. The Morgan fingerprint density at radius 3 is 2.27 bits per heavy atom. The Morgan fingerprint density at radius 1 is 1.07 bits per heavy atom. The number of aliphatic imine (C=N–C) groups is 1. The van der Waals surface area contributed by atoms with E-state index in [0.717, 1.165) is 19.5 Å². The molecular weight excluding hydrogens is 210 g/mol. The second-order valence-electron chi connectivity index (χ2n) is 3.61. The Morgan fingerprint density at radius 2 is 1.67 bits per heavy atom. The molecule has 0 heterocycles. The minimum absolute atomic E-state index is 0. The molecule has 0 aromatic rings. The van der Waals surface area contributed by atoms with Crippen molar-refractivity contribution in [2.45, 2.75) is 52.4 Å². The highest BCUT2D eigenvalue weighted by atomic mass is 35.5. The molecule has 0 unspecified atom stereocenters. The van der Waals surface area contributed by atoms with Crippen LogP contribution in [-0.2, 0) is 0 Å². The molecule has 0 radical (unpaired) electrons. The number of unbranched alkanes of at least 4 members (excludes halogenated alkanes) is 4. The second kappa shape index (κ2) is 13.6. The number of nitrogens with two attached hydrogens (primary N) is 1. The van der Waals surface area contributed by atoms with Gasteiger partial charge in [0.15, 0.2) is 5.96 Å². The van der Waals surface area contributed by atoms with Crippen molar-refractivity contribution in [3.63, 3.8) is 0 Å². The SMILES string of the molecule is CCCCCN=C(N)NCCCCC.Cl. The third kappa shape index (κ3) is 13.6. The molecule has 0 saturated heterocycles. The van der Waals surface area contributed by atoms with Gasteiger partial charge in [0, 0.05) is 13.1 Å². The van der Waals surface area contributed by atoms with Gasteiger partial charge >= 0.3 is 0 Å². The van der Waals surface area contributed by atoms with E-state index in [2.05, 4.69) is 24.2 Å². The van der Waals surface area contributed by atoms with Crippen LogP contribution in [-0.4, -0.2) is 19.0 Å². The maximum absolute atomic E-state index is 5.68. The molecule has 0 atom stereocenters. The molecule has 0 aliphatic carbocycles. The largest absolute Gasteiger partial charge is 0.370 e. The first-order valence-corrected chi connectivity index (χ1v) is 5.85. The predicted octanol–water partition coefficient (Wildman–Crippen LogP) is 2.69. The fourth-order valence-electron chi connectivity index (χ4n) is 1.21. The summed E-state index contributed by atoms with van der Waals surface area (Å²) in [4.78, 5) is 4.24. The molecule has 3 N–H and O–H groups in total. The van der Waals surface area contributed by atoms with E-state index in [0.29, 0.717) is 5.96 Å². The van der Waals surface area contributed by atoms with Crippen LogP contribution in [0.3, 0.4) is 0 Å². The number of hydrogen-bond donors (Lipinski definition) is 2. The maximum atomic E-state index is 5.68. The van der Waals surface area contributed by atoms with Crippen LogP contribution in [0.15, 0.2) is 4.99 Å². The summed E-state index contributed by atoms with van der Waals surface area (Å²) in [5.74, 6) is 0.609. The minimum atomic E-state index is 0. The number of nitrogens with one attached hydrogen (secondary N) is 1. The molecule has 0 fully saturated rings. The highest BCUT2D eigenvalue weighted by Crippen LogP contribution is 1.93. The van der Waals surface area contributed by atoms with Crippen molar-refractivity contribution >= 4 is 18.4 Å². The molecule has 15 heavy (non-hydrogen) atoms. The van der Waals surface area contributed by atoms with Crippen LogP contribution in [0, 0.1) is 0 Å². The van der Waals surface area contributed by atoms with Crippen molar-refractivity contribution in [3.05, 3.63) is 0 Å². The molecule has 4 heteroatoms. The van der Waals surface area contributed by atoms with Gasteiger partial charge < -0.3 is 11.1 Å². The molecule has 0 aromatic carbocycles. The number of rotatable bonds is 8. The van der Waals surface area contributed by atoms with E-state index in [9.17, 15) is 0 Å². The van der Waals surface area contributed by atoms with Gasteiger partial charge in [-0.1, -0.05) is 39.5 Å². The van der Waals surface area contributed by atoms with Gasteiger partial charge in [-0.3, -0.25) is 4.99 Å². The molecule has 0 rings (SSSR count). The van der Waals surface area contributed by atoms with Crippen LogP contribution in [0.25, 0.3) is 0 Å². The van der Waals surface area contributed by atoms with Crippen molar-refractivity contribution in [1.82, 2.24) is 5.32 Å². The molecular formula is C11H26ClN3. The number of guanidine groups is 1. The quantitative estimate of drug-likeness (QED) is 0.386.